The van der Waals surface area contributed by atoms with Crippen LogP contribution in [0.15, 0.2) is 75.8 Å². The highest BCUT2D eigenvalue weighted by atomic mass is 35.5. The van der Waals surface area contributed by atoms with Gasteiger partial charge >= 0.3 is 11.8 Å². The van der Waals surface area contributed by atoms with E-state index >= 15 is 0 Å². The zero-order chi connectivity index (χ0) is 24.9. The van der Waals surface area contributed by atoms with Gasteiger partial charge in [-0.2, -0.15) is 4.98 Å². The van der Waals surface area contributed by atoms with Crippen LogP contribution in [-0.4, -0.2) is 53.3 Å². The van der Waals surface area contributed by atoms with E-state index in [-0.39, 0.29) is 17.6 Å². The molecule has 1 N–H and O–H groups in total. The Morgan fingerprint density at radius 2 is 2.00 bits per heavy atom. The van der Waals surface area contributed by atoms with Crippen molar-refractivity contribution in [3.63, 3.8) is 0 Å². The Kier molecular flexibility index (Phi) is 7.07. The van der Waals surface area contributed by atoms with E-state index in [1.165, 1.54) is 4.90 Å². The van der Waals surface area contributed by atoms with Gasteiger partial charge in [0.2, 0.25) is 5.82 Å². The number of aliphatic imine (C=N–C) groups is 1. The van der Waals surface area contributed by atoms with E-state index in [9.17, 15) is 9.59 Å². The van der Waals surface area contributed by atoms with Crippen LogP contribution in [-0.2, 0) is 0 Å². The summed E-state index contributed by atoms with van der Waals surface area (Å²) in [6.45, 7) is 2.47. The van der Waals surface area contributed by atoms with E-state index in [4.69, 9.17) is 20.9 Å². The van der Waals surface area contributed by atoms with Crippen molar-refractivity contribution in [1.29, 1.82) is 0 Å². The van der Waals surface area contributed by atoms with Gasteiger partial charge in [-0.25, -0.2) is 0 Å². The van der Waals surface area contributed by atoms with Crippen molar-refractivity contribution in [1.82, 2.24) is 20.4 Å². The molecule has 0 radical (unpaired) electrons. The number of halogens is 1. The Balaban J connectivity index is 1.46. The lowest BCUT2D eigenvalue weighted by Gasteiger charge is -2.12. The Morgan fingerprint density at radius 1 is 1.17 bits per heavy atom. The lowest BCUT2D eigenvalue weighted by atomic mass is 10.1. The molecule has 0 spiro atoms. The molecule has 0 bridgehead atoms. The minimum absolute atomic E-state index is 0.117. The number of allylic oxidation sites excluding steroid dienone is 1. The van der Waals surface area contributed by atoms with Gasteiger partial charge in [-0.1, -0.05) is 35.0 Å². The van der Waals surface area contributed by atoms with E-state index in [2.05, 4.69) is 20.4 Å². The van der Waals surface area contributed by atoms with Gasteiger partial charge in [0.25, 0.3) is 5.91 Å². The first kappa shape index (κ1) is 23.9. The first-order valence-electron chi connectivity index (χ1n) is 10.7. The van der Waals surface area contributed by atoms with Crippen LogP contribution in [0.5, 0.6) is 11.5 Å². The number of hydrogen-bond donors (Lipinski definition) is 1. The molecule has 178 valence electrons. The molecule has 0 saturated heterocycles. The predicted octanol–water partition coefficient (Wildman–Crippen LogP) is 4.53. The standard InChI is InChI=1S/C25H22ClN5O4/c1-4-15-8-11-21(27-14-15)28-23(32)17-6-5-7-18(12-17)34-20-10-9-16(13-19(20)26)22-29-24(35-30-22)25(33)31(2)3/h4-13H,14H2,1-3H3,(H,27,28,32)/b15-4+. The van der Waals surface area contributed by atoms with Gasteiger partial charge in [0.05, 0.1) is 11.6 Å². The van der Waals surface area contributed by atoms with Crippen LogP contribution in [0.4, 0.5) is 0 Å². The summed E-state index contributed by atoms with van der Waals surface area (Å²) in [5.74, 6) is 0.722. The summed E-state index contributed by atoms with van der Waals surface area (Å²) in [5.41, 5.74) is 2.05. The normalized spacial score (nSPS) is 13.9. The number of carbonyl (C=O) groups excluding carboxylic acids is 2. The van der Waals surface area contributed by atoms with Gasteiger partial charge in [0, 0.05) is 25.2 Å². The Morgan fingerprint density at radius 3 is 2.69 bits per heavy atom. The maximum Gasteiger partial charge on any atom is 0.316 e. The molecule has 9 nitrogen and oxygen atoms in total. The average molecular weight is 492 g/mol. The van der Waals surface area contributed by atoms with Crippen LogP contribution in [0.2, 0.25) is 5.02 Å². The second-order valence-corrected chi connectivity index (χ2v) is 8.16. The molecule has 2 aromatic carbocycles. The molecule has 1 aliphatic heterocycles. The number of dihydropyridines is 1. The fourth-order valence-corrected chi connectivity index (χ4v) is 3.31. The molecule has 0 unspecified atom stereocenters. The summed E-state index contributed by atoms with van der Waals surface area (Å²) in [7, 11) is 3.18. The topological polar surface area (TPSA) is 110 Å². The molecule has 35 heavy (non-hydrogen) atoms. The minimum Gasteiger partial charge on any atom is -0.456 e. The summed E-state index contributed by atoms with van der Waals surface area (Å²) in [6.07, 6.45) is 5.66. The number of nitrogens with one attached hydrogen (secondary N) is 1. The molecule has 2 heterocycles. The van der Waals surface area contributed by atoms with Crippen LogP contribution in [0.1, 0.15) is 28.0 Å². The molecule has 0 aliphatic carbocycles. The number of nitrogens with zero attached hydrogens (tertiary/aromatic N) is 4. The largest absolute Gasteiger partial charge is 0.456 e. The zero-order valence-corrected chi connectivity index (χ0v) is 20.0. The Bertz CT molecular complexity index is 1370. The molecule has 2 amide bonds. The molecule has 0 fully saturated rings. The van der Waals surface area contributed by atoms with Gasteiger partial charge in [0.15, 0.2) is 0 Å². The molecule has 0 atom stereocenters. The quantitative estimate of drug-likeness (QED) is 0.561. The smallest absolute Gasteiger partial charge is 0.316 e. The summed E-state index contributed by atoms with van der Waals surface area (Å²) in [5, 5.41) is 6.92. The van der Waals surface area contributed by atoms with E-state index < -0.39 is 5.91 Å². The molecule has 0 saturated carbocycles. The highest BCUT2D eigenvalue weighted by Gasteiger charge is 2.18. The van der Waals surface area contributed by atoms with Crippen LogP contribution in [0, 0.1) is 0 Å². The van der Waals surface area contributed by atoms with Crippen molar-refractivity contribution in [3.05, 3.63) is 82.7 Å². The fourth-order valence-electron chi connectivity index (χ4n) is 3.09. The summed E-state index contributed by atoms with van der Waals surface area (Å²) < 4.78 is 10.9. The van der Waals surface area contributed by atoms with E-state index in [0.717, 1.165) is 5.57 Å². The fraction of sp³-hybridized carbons (Fsp3) is 0.160. The maximum absolute atomic E-state index is 12.7. The second kappa shape index (κ2) is 10.4. The van der Waals surface area contributed by atoms with Crippen LogP contribution in [0.3, 0.4) is 0 Å². The second-order valence-electron chi connectivity index (χ2n) is 7.75. The van der Waals surface area contributed by atoms with Crippen LogP contribution >= 0.6 is 11.6 Å². The van der Waals surface area contributed by atoms with Gasteiger partial charge in [-0.3, -0.25) is 14.6 Å². The van der Waals surface area contributed by atoms with Gasteiger partial charge in [-0.15, -0.1) is 0 Å². The number of carbonyl (C=O) groups is 2. The minimum atomic E-state index is -0.396. The van der Waals surface area contributed by atoms with E-state index in [0.29, 0.717) is 40.0 Å². The number of amides is 2. The summed E-state index contributed by atoms with van der Waals surface area (Å²) in [4.78, 5) is 34.4. The third-order valence-electron chi connectivity index (χ3n) is 5.03. The molecular weight excluding hydrogens is 470 g/mol. The number of ether oxygens (including phenoxy) is 1. The predicted molar refractivity (Wildman–Crippen MR) is 132 cm³/mol. The van der Waals surface area contributed by atoms with Gasteiger partial charge in [-0.05, 0) is 55.0 Å². The van der Waals surface area contributed by atoms with Crippen molar-refractivity contribution in [2.24, 2.45) is 4.99 Å². The van der Waals surface area contributed by atoms with E-state index in [1.54, 1.807) is 62.6 Å². The Hall–Kier alpha value is -4.24. The molecule has 1 aromatic heterocycles. The SMILES string of the molecule is C/C=C1\C=CC(NC(=O)c2cccc(Oc3ccc(-c4noc(C(=O)N(C)C)n4)cc3Cl)c2)=NC1. The lowest BCUT2D eigenvalue weighted by molar-refractivity contribution is 0.0779. The molecule has 10 heteroatoms. The zero-order valence-electron chi connectivity index (χ0n) is 19.3. The number of aromatic nitrogens is 2. The number of benzene rings is 2. The number of hydrogen-bond acceptors (Lipinski definition) is 7. The van der Waals surface area contributed by atoms with Crippen LogP contribution < -0.4 is 10.1 Å². The van der Waals surface area contributed by atoms with Gasteiger partial charge < -0.3 is 19.5 Å². The summed E-state index contributed by atoms with van der Waals surface area (Å²) >= 11 is 6.41. The lowest BCUT2D eigenvalue weighted by Crippen LogP contribution is -2.30. The first-order valence-corrected chi connectivity index (χ1v) is 11.0. The van der Waals surface area contributed by atoms with Gasteiger partial charge in [0.1, 0.15) is 17.3 Å². The summed E-state index contributed by atoms with van der Waals surface area (Å²) in [6, 6.07) is 11.7. The molecular formula is C25H22ClN5O4. The highest BCUT2D eigenvalue weighted by molar-refractivity contribution is 6.32. The number of amidine groups is 1. The Labute approximate surface area is 206 Å². The van der Waals surface area contributed by atoms with E-state index in [1.807, 2.05) is 19.1 Å². The van der Waals surface area contributed by atoms with Crippen molar-refractivity contribution >= 4 is 29.3 Å². The molecule has 1 aliphatic rings. The average Bonchev–Trinajstić information content (AvgIpc) is 3.35. The van der Waals surface area contributed by atoms with Crippen molar-refractivity contribution in [2.45, 2.75) is 6.92 Å². The van der Waals surface area contributed by atoms with Crippen molar-refractivity contribution < 1.29 is 18.8 Å². The van der Waals surface area contributed by atoms with Crippen molar-refractivity contribution in [3.8, 4) is 22.9 Å². The third-order valence-corrected chi connectivity index (χ3v) is 5.32. The third kappa shape index (κ3) is 5.64. The first-order chi connectivity index (χ1) is 16.8. The number of rotatable bonds is 5. The molecule has 3 aromatic rings. The highest BCUT2D eigenvalue weighted by Crippen LogP contribution is 2.33. The van der Waals surface area contributed by atoms with Crippen molar-refractivity contribution in [2.75, 3.05) is 20.6 Å². The molecule has 4 rings (SSSR count). The maximum atomic E-state index is 12.7. The van der Waals surface area contributed by atoms with Crippen LogP contribution in [0.25, 0.3) is 11.4 Å². The monoisotopic (exact) mass is 491 g/mol.